The van der Waals surface area contributed by atoms with Crippen LogP contribution < -0.4 is 10.3 Å². The van der Waals surface area contributed by atoms with E-state index in [1.54, 1.807) is 22.9 Å². The van der Waals surface area contributed by atoms with E-state index in [1.807, 2.05) is 22.7 Å². The molecule has 28 heavy (non-hydrogen) atoms. The number of pyridine rings is 2. The molecule has 0 radical (unpaired) electrons. The molecule has 4 aromatic heterocycles. The van der Waals surface area contributed by atoms with Crippen LogP contribution in [0.25, 0.3) is 11.3 Å². The van der Waals surface area contributed by atoms with Gasteiger partial charge in [-0.2, -0.15) is 4.39 Å². The monoisotopic (exact) mass is 395 g/mol. The molecule has 1 aliphatic rings. The highest BCUT2D eigenvalue weighted by atomic mass is 32.1. The van der Waals surface area contributed by atoms with Crippen molar-refractivity contribution in [3.05, 3.63) is 80.5 Å². The predicted molar refractivity (Wildman–Crippen MR) is 106 cm³/mol. The maximum Gasteiger partial charge on any atom is 0.258 e. The Morgan fingerprint density at radius 2 is 2.11 bits per heavy atom. The van der Waals surface area contributed by atoms with Gasteiger partial charge >= 0.3 is 0 Å². The van der Waals surface area contributed by atoms with Gasteiger partial charge in [-0.1, -0.05) is 0 Å². The first-order valence-electron chi connectivity index (χ1n) is 9.17. The van der Waals surface area contributed by atoms with Gasteiger partial charge in [-0.25, -0.2) is 4.98 Å². The quantitative estimate of drug-likeness (QED) is 0.502. The van der Waals surface area contributed by atoms with Crippen molar-refractivity contribution in [2.45, 2.75) is 32.3 Å². The number of nitrogens with zero attached hydrogens (tertiary/aromatic N) is 3. The number of aryl methyl sites for hydroxylation is 1. The number of hydrogen-bond donors (Lipinski definition) is 0. The zero-order chi connectivity index (χ0) is 19.3. The molecule has 4 heterocycles. The van der Waals surface area contributed by atoms with Crippen LogP contribution in [-0.2, 0) is 6.61 Å². The van der Waals surface area contributed by atoms with Crippen molar-refractivity contribution >= 4 is 17.0 Å². The molecule has 4 aromatic rings. The Morgan fingerprint density at radius 3 is 2.82 bits per heavy atom. The van der Waals surface area contributed by atoms with Crippen LogP contribution >= 0.6 is 11.3 Å². The zero-order valence-corrected chi connectivity index (χ0v) is 16.1. The molecule has 0 aliphatic heterocycles. The van der Waals surface area contributed by atoms with E-state index in [4.69, 9.17) is 9.72 Å². The van der Waals surface area contributed by atoms with Gasteiger partial charge < -0.3 is 9.14 Å². The van der Waals surface area contributed by atoms with E-state index in [0.717, 1.165) is 33.2 Å². The third-order valence-corrected chi connectivity index (χ3v) is 5.87. The van der Waals surface area contributed by atoms with Crippen molar-refractivity contribution in [3.63, 3.8) is 0 Å². The normalized spacial score (nSPS) is 13.9. The van der Waals surface area contributed by atoms with Gasteiger partial charge in [0.2, 0.25) is 0 Å². The molecule has 7 heteroatoms. The van der Waals surface area contributed by atoms with E-state index in [-0.39, 0.29) is 17.3 Å². The van der Waals surface area contributed by atoms with E-state index in [2.05, 4.69) is 6.92 Å². The number of ether oxygens (including phenoxy) is 1. The lowest BCUT2D eigenvalue weighted by Gasteiger charge is -2.09. The van der Waals surface area contributed by atoms with Gasteiger partial charge in [0.25, 0.3) is 5.56 Å². The largest absolute Gasteiger partial charge is 0.488 e. The highest BCUT2D eigenvalue weighted by molar-refractivity contribution is 7.10. The molecule has 0 aromatic carbocycles. The van der Waals surface area contributed by atoms with Crippen LogP contribution in [0.1, 0.15) is 35.0 Å². The first kappa shape index (κ1) is 17.2. The minimum atomic E-state index is -0.246. The number of rotatable bonds is 5. The van der Waals surface area contributed by atoms with Crippen molar-refractivity contribution < 1.29 is 9.13 Å². The van der Waals surface area contributed by atoms with Gasteiger partial charge in [-0.15, -0.1) is 11.3 Å². The fourth-order valence-electron chi connectivity index (χ4n) is 3.40. The average Bonchev–Trinajstić information content (AvgIpc) is 3.37. The van der Waals surface area contributed by atoms with Crippen molar-refractivity contribution in [2.24, 2.45) is 0 Å². The summed E-state index contributed by atoms with van der Waals surface area (Å²) in [4.78, 5) is 18.1. The predicted octanol–water partition coefficient (Wildman–Crippen LogP) is 4.45. The molecular weight excluding hydrogens is 377 g/mol. The van der Waals surface area contributed by atoms with Crippen LogP contribution in [0.2, 0.25) is 0 Å². The highest BCUT2D eigenvalue weighted by Crippen LogP contribution is 2.41. The summed E-state index contributed by atoms with van der Waals surface area (Å²) in [6.07, 6.45) is 6.05. The van der Waals surface area contributed by atoms with Crippen molar-refractivity contribution in [3.8, 4) is 11.4 Å². The van der Waals surface area contributed by atoms with Crippen molar-refractivity contribution in [2.75, 3.05) is 0 Å². The molecule has 5 nitrogen and oxygen atoms in total. The number of thiophene rings is 1. The molecular formula is C21H18FN3O2S. The Morgan fingerprint density at radius 1 is 1.25 bits per heavy atom. The second-order valence-electron chi connectivity index (χ2n) is 7.04. The number of imidazole rings is 1. The first-order chi connectivity index (χ1) is 13.6. The number of fused-ring (bicyclic) bond motifs is 1. The Balaban J connectivity index is 1.42. The van der Waals surface area contributed by atoms with Gasteiger partial charge in [-0.05, 0) is 50.1 Å². The molecule has 142 valence electrons. The van der Waals surface area contributed by atoms with Crippen molar-refractivity contribution in [1.29, 1.82) is 0 Å². The van der Waals surface area contributed by atoms with Gasteiger partial charge in [0.1, 0.15) is 18.0 Å². The fourth-order valence-corrected chi connectivity index (χ4v) is 4.04. The summed E-state index contributed by atoms with van der Waals surface area (Å²) >= 11 is 1.04. The topological polar surface area (TPSA) is 48.5 Å². The summed E-state index contributed by atoms with van der Waals surface area (Å²) in [5.41, 5.74) is 3.79. The van der Waals surface area contributed by atoms with Crippen molar-refractivity contribution in [1.82, 2.24) is 14.0 Å². The molecule has 5 rings (SSSR count). The summed E-state index contributed by atoms with van der Waals surface area (Å²) in [6.45, 7) is 2.31. The van der Waals surface area contributed by atoms with Gasteiger partial charge in [0, 0.05) is 34.9 Å². The van der Waals surface area contributed by atoms with E-state index >= 15 is 0 Å². The van der Waals surface area contributed by atoms with E-state index in [9.17, 15) is 9.18 Å². The summed E-state index contributed by atoms with van der Waals surface area (Å²) < 4.78 is 22.3. The Bertz CT molecular complexity index is 1240. The minimum Gasteiger partial charge on any atom is -0.488 e. The summed E-state index contributed by atoms with van der Waals surface area (Å²) in [6, 6.07) is 10.1. The molecule has 1 fully saturated rings. The van der Waals surface area contributed by atoms with Crippen LogP contribution in [0.4, 0.5) is 4.39 Å². The fraction of sp³-hybridized carbons (Fsp3) is 0.238. The number of hydrogen-bond acceptors (Lipinski definition) is 4. The lowest BCUT2D eigenvalue weighted by atomic mass is 10.2. The maximum absolute atomic E-state index is 13.0. The summed E-state index contributed by atoms with van der Waals surface area (Å²) in [5, 5.41) is -0.246. The Kier molecular flexibility index (Phi) is 4.05. The van der Waals surface area contributed by atoms with Crippen LogP contribution in [0.15, 0.2) is 53.6 Å². The second-order valence-corrected chi connectivity index (χ2v) is 8.16. The molecule has 0 N–H and O–H groups in total. The molecule has 0 saturated heterocycles. The molecule has 0 spiro atoms. The Hall–Kier alpha value is -2.93. The van der Waals surface area contributed by atoms with Crippen LogP contribution in [0, 0.1) is 12.1 Å². The van der Waals surface area contributed by atoms with E-state index in [1.165, 1.54) is 30.7 Å². The molecule has 0 bridgehead atoms. The lowest BCUT2D eigenvalue weighted by Crippen LogP contribution is -2.17. The third-order valence-electron chi connectivity index (χ3n) is 5.02. The van der Waals surface area contributed by atoms with Gasteiger partial charge in [-0.3, -0.25) is 9.36 Å². The minimum absolute atomic E-state index is 0.186. The Labute approximate surface area is 164 Å². The number of aromatic nitrogens is 3. The zero-order valence-electron chi connectivity index (χ0n) is 15.3. The van der Waals surface area contributed by atoms with Gasteiger partial charge in [0.05, 0.1) is 11.4 Å². The van der Waals surface area contributed by atoms with E-state index in [0.29, 0.717) is 11.7 Å². The van der Waals surface area contributed by atoms with Crippen LogP contribution in [0.5, 0.6) is 5.75 Å². The highest BCUT2D eigenvalue weighted by Gasteiger charge is 2.28. The maximum atomic E-state index is 13.0. The SMILES string of the molecule is Cc1c(C2CC2)nc2ccc(-n3ccc(OCc4ccc(F)s4)cc3=O)cn12. The first-order valence-corrected chi connectivity index (χ1v) is 9.99. The summed E-state index contributed by atoms with van der Waals surface area (Å²) in [5.74, 6) is 1.05. The smallest absolute Gasteiger partial charge is 0.258 e. The molecule has 0 amide bonds. The molecule has 1 aliphatic carbocycles. The average molecular weight is 395 g/mol. The standard InChI is InChI=1S/C21H18FN3O2S/c1-13-21(14-2-3-14)23-19-7-4-15(11-25(13)19)24-9-8-16(10-20(24)26)27-12-17-5-6-18(22)28-17/h4-11,14H,2-3,12H2,1H3. The molecule has 0 unspecified atom stereocenters. The van der Waals surface area contributed by atoms with E-state index < -0.39 is 0 Å². The van der Waals surface area contributed by atoms with Gasteiger partial charge in [0.15, 0.2) is 5.13 Å². The van der Waals surface area contributed by atoms with Crippen LogP contribution in [-0.4, -0.2) is 14.0 Å². The summed E-state index contributed by atoms with van der Waals surface area (Å²) in [7, 11) is 0. The molecule has 1 saturated carbocycles. The third kappa shape index (κ3) is 3.11. The lowest BCUT2D eigenvalue weighted by molar-refractivity contribution is 0.309. The number of halogens is 1. The molecule has 0 atom stereocenters. The second kappa shape index (κ2) is 6.60. The van der Waals surface area contributed by atoms with Crippen LogP contribution in [0.3, 0.4) is 0 Å².